The standard InChI is InChI=1S/C18H18N4O4/c1-12-10-15(26-20-12)16(23)21-8-6-18(7-9-21,17(24)25)22-11-19-13-4-2-3-5-14(13)22/h2-5,10-11H,6-9H2,1H3,(H,24,25). The molecule has 0 atom stereocenters. The van der Waals surface area contributed by atoms with Gasteiger partial charge in [0, 0.05) is 19.2 Å². The summed E-state index contributed by atoms with van der Waals surface area (Å²) in [7, 11) is 0. The second-order valence-corrected chi connectivity index (χ2v) is 6.56. The average molecular weight is 354 g/mol. The van der Waals surface area contributed by atoms with Crippen LogP contribution in [0.3, 0.4) is 0 Å². The molecule has 134 valence electrons. The molecular formula is C18H18N4O4. The molecule has 1 aliphatic rings. The molecule has 1 amide bonds. The first-order chi connectivity index (χ1) is 12.5. The number of carboxylic acids is 1. The van der Waals surface area contributed by atoms with Gasteiger partial charge in [-0.15, -0.1) is 0 Å². The Balaban J connectivity index is 1.62. The number of imidazole rings is 1. The van der Waals surface area contributed by atoms with Crippen molar-refractivity contribution in [2.24, 2.45) is 0 Å². The molecule has 3 heterocycles. The average Bonchev–Trinajstić information content (AvgIpc) is 3.27. The third-order valence-corrected chi connectivity index (χ3v) is 5.03. The van der Waals surface area contributed by atoms with Crippen molar-refractivity contribution in [3.05, 3.63) is 48.1 Å². The van der Waals surface area contributed by atoms with Gasteiger partial charge in [0.15, 0.2) is 0 Å². The lowest BCUT2D eigenvalue weighted by molar-refractivity contribution is -0.149. The van der Waals surface area contributed by atoms with Crippen LogP contribution >= 0.6 is 0 Å². The molecular weight excluding hydrogens is 336 g/mol. The van der Waals surface area contributed by atoms with Crippen LogP contribution in [0, 0.1) is 6.92 Å². The zero-order chi connectivity index (χ0) is 18.3. The number of aryl methyl sites for hydroxylation is 1. The minimum Gasteiger partial charge on any atom is -0.479 e. The smallest absolute Gasteiger partial charge is 0.330 e. The van der Waals surface area contributed by atoms with E-state index in [-0.39, 0.29) is 11.7 Å². The number of para-hydroxylation sites is 2. The van der Waals surface area contributed by atoms with Crippen molar-refractivity contribution in [3.63, 3.8) is 0 Å². The summed E-state index contributed by atoms with van der Waals surface area (Å²) in [6.07, 6.45) is 2.17. The van der Waals surface area contributed by atoms with Crippen LogP contribution < -0.4 is 0 Å². The first kappa shape index (κ1) is 16.3. The van der Waals surface area contributed by atoms with E-state index in [9.17, 15) is 14.7 Å². The minimum atomic E-state index is -1.12. The maximum Gasteiger partial charge on any atom is 0.330 e. The number of fused-ring (bicyclic) bond motifs is 1. The molecule has 1 fully saturated rings. The predicted octanol–water partition coefficient (Wildman–Crippen LogP) is 2.05. The molecule has 1 N–H and O–H groups in total. The Morgan fingerprint density at radius 2 is 1.96 bits per heavy atom. The van der Waals surface area contributed by atoms with Gasteiger partial charge in [-0.2, -0.15) is 0 Å². The van der Waals surface area contributed by atoms with Crippen molar-refractivity contribution in [1.29, 1.82) is 0 Å². The molecule has 0 radical (unpaired) electrons. The molecule has 0 aliphatic carbocycles. The number of piperidine rings is 1. The summed E-state index contributed by atoms with van der Waals surface area (Å²) >= 11 is 0. The Hall–Kier alpha value is -3.16. The number of carbonyl (C=O) groups excluding carboxylic acids is 1. The normalized spacial score (nSPS) is 16.7. The lowest BCUT2D eigenvalue weighted by Crippen LogP contribution is -2.52. The summed E-state index contributed by atoms with van der Waals surface area (Å²) in [5, 5.41) is 13.7. The number of benzene rings is 1. The second-order valence-electron chi connectivity index (χ2n) is 6.56. The summed E-state index contributed by atoms with van der Waals surface area (Å²) in [5.41, 5.74) is 1.05. The number of aromatic nitrogens is 3. The topological polar surface area (TPSA) is 101 Å². The molecule has 8 heteroatoms. The number of likely N-dealkylation sites (tertiary alicyclic amines) is 1. The quantitative estimate of drug-likeness (QED) is 0.772. The fourth-order valence-electron chi connectivity index (χ4n) is 3.56. The van der Waals surface area contributed by atoms with Crippen molar-refractivity contribution in [2.75, 3.05) is 13.1 Å². The maximum atomic E-state index is 12.5. The van der Waals surface area contributed by atoms with E-state index in [1.807, 2.05) is 24.3 Å². The molecule has 0 saturated carbocycles. The lowest BCUT2D eigenvalue weighted by Gasteiger charge is -2.39. The number of amides is 1. The lowest BCUT2D eigenvalue weighted by atomic mass is 9.86. The molecule has 1 saturated heterocycles. The number of carboxylic acid groups (broad SMARTS) is 1. The van der Waals surface area contributed by atoms with Crippen LogP contribution in [0.2, 0.25) is 0 Å². The van der Waals surface area contributed by atoms with Crippen LogP contribution in [-0.2, 0) is 10.3 Å². The highest BCUT2D eigenvalue weighted by Gasteiger charge is 2.45. The molecule has 1 aromatic carbocycles. The second kappa shape index (κ2) is 5.98. The first-order valence-electron chi connectivity index (χ1n) is 8.40. The highest BCUT2D eigenvalue weighted by atomic mass is 16.5. The zero-order valence-corrected chi connectivity index (χ0v) is 14.3. The molecule has 0 spiro atoms. The van der Waals surface area contributed by atoms with E-state index in [1.54, 1.807) is 28.8 Å². The van der Waals surface area contributed by atoms with Crippen molar-refractivity contribution < 1.29 is 19.2 Å². The fourth-order valence-corrected chi connectivity index (χ4v) is 3.56. The number of hydrogen-bond acceptors (Lipinski definition) is 5. The molecule has 0 bridgehead atoms. The summed E-state index contributed by atoms with van der Waals surface area (Å²) < 4.78 is 6.76. The Kier molecular flexibility index (Phi) is 3.75. The third-order valence-electron chi connectivity index (χ3n) is 5.03. The van der Waals surface area contributed by atoms with Gasteiger partial charge in [-0.05, 0) is 31.9 Å². The van der Waals surface area contributed by atoms with Crippen molar-refractivity contribution in [1.82, 2.24) is 19.6 Å². The van der Waals surface area contributed by atoms with Crippen LogP contribution in [0.4, 0.5) is 0 Å². The van der Waals surface area contributed by atoms with Crippen LogP contribution in [0.25, 0.3) is 11.0 Å². The minimum absolute atomic E-state index is 0.179. The van der Waals surface area contributed by atoms with E-state index in [2.05, 4.69) is 10.1 Å². The van der Waals surface area contributed by atoms with Crippen molar-refractivity contribution >= 4 is 22.9 Å². The van der Waals surface area contributed by atoms with Gasteiger partial charge in [0.2, 0.25) is 5.76 Å². The third kappa shape index (κ3) is 2.45. The molecule has 1 aliphatic heterocycles. The summed E-state index contributed by atoms with van der Waals surface area (Å²) in [5.74, 6) is -0.998. The van der Waals surface area contributed by atoms with Gasteiger partial charge in [-0.25, -0.2) is 9.78 Å². The first-order valence-corrected chi connectivity index (χ1v) is 8.40. The highest BCUT2D eigenvalue weighted by molar-refractivity contribution is 5.92. The van der Waals surface area contributed by atoms with Crippen molar-refractivity contribution in [3.8, 4) is 0 Å². The Labute approximate surface area is 149 Å². The number of rotatable bonds is 3. The largest absolute Gasteiger partial charge is 0.479 e. The highest BCUT2D eigenvalue weighted by Crippen LogP contribution is 2.34. The predicted molar refractivity (Wildman–Crippen MR) is 91.7 cm³/mol. The van der Waals surface area contributed by atoms with Crippen LogP contribution in [0.15, 0.2) is 41.2 Å². The Morgan fingerprint density at radius 3 is 2.62 bits per heavy atom. The number of hydrogen-bond donors (Lipinski definition) is 1. The maximum absolute atomic E-state index is 12.5. The molecule has 2 aromatic heterocycles. The monoisotopic (exact) mass is 354 g/mol. The van der Waals surface area contributed by atoms with E-state index in [0.29, 0.717) is 31.6 Å². The Bertz CT molecular complexity index is 982. The Morgan fingerprint density at radius 1 is 1.23 bits per heavy atom. The van der Waals surface area contributed by atoms with Gasteiger partial charge in [0.1, 0.15) is 5.54 Å². The molecule has 4 rings (SSSR count). The van der Waals surface area contributed by atoms with E-state index in [0.717, 1.165) is 11.0 Å². The van der Waals surface area contributed by atoms with Crippen LogP contribution in [-0.4, -0.2) is 49.7 Å². The van der Waals surface area contributed by atoms with E-state index < -0.39 is 11.5 Å². The fraction of sp³-hybridized carbons (Fsp3) is 0.333. The number of aliphatic carboxylic acids is 1. The van der Waals surface area contributed by atoms with Gasteiger partial charge in [0.05, 0.1) is 23.1 Å². The summed E-state index contributed by atoms with van der Waals surface area (Å²) in [6.45, 7) is 2.38. The summed E-state index contributed by atoms with van der Waals surface area (Å²) in [6, 6.07) is 9.04. The van der Waals surface area contributed by atoms with E-state index in [4.69, 9.17) is 4.52 Å². The molecule has 0 unspecified atom stereocenters. The van der Waals surface area contributed by atoms with Gasteiger partial charge in [-0.1, -0.05) is 17.3 Å². The number of carbonyl (C=O) groups is 2. The SMILES string of the molecule is Cc1cc(C(=O)N2CCC(C(=O)O)(n3cnc4ccccc43)CC2)on1. The van der Waals surface area contributed by atoms with Gasteiger partial charge in [0.25, 0.3) is 5.91 Å². The zero-order valence-electron chi connectivity index (χ0n) is 14.3. The number of nitrogens with zero attached hydrogens (tertiary/aromatic N) is 4. The van der Waals surface area contributed by atoms with Crippen LogP contribution in [0.1, 0.15) is 29.1 Å². The van der Waals surface area contributed by atoms with Gasteiger partial charge in [-0.3, -0.25) is 4.79 Å². The van der Waals surface area contributed by atoms with Crippen molar-refractivity contribution in [2.45, 2.75) is 25.3 Å². The molecule has 3 aromatic rings. The van der Waals surface area contributed by atoms with E-state index in [1.165, 1.54) is 0 Å². The van der Waals surface area contributed by atoms with Crippen LogP contribution in [0.5, 0.6) is 0 Å². The molecule has 26 heavy (non-hydrogen) atoms. The van der Waals surface area contributed by atoms with Gasteiger partial charge >= 0.3 is 5.97 Å². The molecule has 8 nitrogen and oxygen atoms in total. The summed E-state index contributed by atoms with van der Waals surface area (Å²) in [4.78, 5) is 30.6. The van der Waals surface area contributed by atoms with E-state index >= 15 is 0 Å². The van der Waals surface area contributed by atoms with Gasteiger partial charge < -0.3 is 19.1 Å².